The van der Waals surface area contributed by atoms with Crippen LogP contribution in [0.4, 0.5) is 13.2 Å². The predicted octanol–water partition coefficient (Wildman–Crippen LogP) is 2.97. The molecule has 2 heterocycles. The van der Waals surface area contributed by atoms with E-state index in [1.54, 1.807) is 6.92 Å². The van der Waals surface area contributed by atoms with Gasteiger partial charge in [0.25, 0.3) is 11.1 Å². The predicted molar refractivity (Wildman–Crippen MR) is 89.8 cm³/mol. The molecule has 0 atom stereocenters. The fourth-order valence-corrected chi connectivity index (χ4v) is 2.76. The zero-order valence-corrected chi connectivity index (χ0v) is 13.7. The van der Waals surface area contributed by atoms with Crippen LogP contribution in [0.2, 0.25) is 0 Å². The minimum atomic E-state index is -4.49. The molecule has 0 aliphatic heterocycles. The van der Waals surface area contributed by atoms with E-state index < -0.39 is 22.9 Å². The van der Waals surface area contributed by atoms with E-state index in [0.717, 1.165) is 6.07 Å². The molecule has 0 saturated carbocycles. The van der Waals surface area contributed by atoms with Crippen LogP contribution < -0.4 is 11.1 Å². The van der Waals surface area contributed by atoms with E-state index in [9.17, 15) is 22.8 Å². The lowest BCUT2D eigenvalue weighted by Gasteiger charge is -2.15. The molecule has 134 valence electrons. The van der Waals surface area contributed by atoms with Gasteiger partial charge in [0.15, 0.2) is 0 Å². The molecule has 0 saturated heterocycles. The molecular weight excluding hydrogens is 347 g/mol. The molecule has 0 amide bonds. The van der Waals surface area contributed by atoms with Crippen molar-refractivity contribution < 1.29 is 13.2 Å². The maximum absolute atomic E-state index is 13.1. The summed E-state index contributed by atoms with van der Waals surface area (Å²) in [5.41, 5.74) is -0.0332. The number of benzene rings is 1. The SMILES string of the molecule is Cc1cn(Cc2ccccc2C(F)(F)F)c(=O)cc1-c1cn[nH]c(=O)c1. The number of pyridine rings is 1. The number of alkyl halides is 3. The molecule has 0 aliphatic rings. The van der Waals surface area contributed by atoms with Gasteiger partial charge in [-0.05, 0) is 29.7 Å². The highest BCUT2D eigenvalue weighted by Crippen LogP contribution is 2.32. The quantitative estimate of drug-likeness (QED) is 0.780. The number of nitrogens with zero attached hydrogens (tertiary/aromatic N) is 2. The van der Waals surface area contributed by atoms with Crippen molar-refractivity contribution in [2.24, 2.45) is 0 Å². The Labute approximate surface area is 145 Å². The summed E-state index contributed by atoms with van der Waals surface area (Å²) in [5, 5.41) is 5.93. The molecule has 0 spiro atoms. The van der Waals surface area contributed by atoms with Gasteiger partial charge < -0.3 is 4.57 Å². The van der Waals surface area contributed by atoms with Gasteiger partial charge in [-0.25, -0.2) is 5.10 Å². The summed E-state index contributed by atoms with van der Waals surface area (Å²) in [7, 11) is 0. The third-order valence-electron chi connectivity index (χ3n) is 3.96. The van der Waals surface area contributed by atoms with Crippen LogP contribution >= 0.6 is 0 Å². The minimum absolute atomic E-state index is 0.00655. The topological polar surface area (TPSA) is 67.8 Å². The van der Waals surface area contributed by atoms with Crippen molar-refractivity contribution in [1.29, 1.82) is 0 Å². The second-order valence-electron chi connectivity index (χ2n) is 5.83. The number of halogens is 3. The molecule has 0 bridgehead atoms. The zero-order chi connectivity index (χ0) is 18.9. The maximum atomic E-state index is 13.1. The summed E-state index contributed by atoms with van der Waals surface area (Å²) >= 11 is 0. The fraction of sp³-hybridized carbons (Fsp3) is 0.167. The van der Waals surface area contributed by atoms with Crippen molar-refractivity contribution in [3.63, 3.8) is 0 Å². The molecule has 5 nitrogen and oxygen atoms in total. The molecule has 1 N–H and O–H groups in total. The van der Waals surface area contributed by atoms with Crippen LogP contribution in [0, 0.1) is 6.92 Å². The van der Waals surface area contributed by atoms with E-state index >= 15 is 0 Å². The number of aryl methyl sites for hydroxylation is 1. The third-order valence-corrected chi connectivity index (χ3v) is 3.96. The Hall–Kier alpha value is -3.16. The molecule has 8 heteroatoms. The maximum Gasteiger partial charge on any atom is 0.416 e. The monoisotopic (exact) mass is 361 g/mol. The molecule has 3 rings (SSSR count). The lowest BCUT2D eigenvalue weighted by molar-refractivity contribution is -0.138. The Kier molecular flexibility index (Phi) is 4.50. The largest absolute Gasteiger partial charge is 0.416 e. The zero-order valence-electron chi connectivity index (χ0n) is 13.7. The van der Waals surface area contributed by atoms with Crippen LogP contribution in [0.15, 0.2) is 58.4 Å². The third kappa shape index (κ3) is 3.58. The molecule has 3 aromatic rings. The first-order chi connectivity index (χ1) is 12.3. The number of aromatic amines is 1. The molecule has 0 unspecified atom stereocenters. The average Bonchev–Trinajstić information content (AvgIpc) is 2.57. The number of nitrogens with one attached hydrogen (secondary N) is 1. The molecule has 2 aromatic heterocycles. The van der Waals surface area contributed by atoms with Gasteiger partial charge in [0.1, 0.15) is 0 Å². The highest BCUT2D eigenvalue weighted by atomic mass is 19.4. The van der Waals surface area contributed by atoms with Gasteiger partial charge in [-0.15, -0.1) is 0 Å². The summed E-state index contributed by atoms with van der Waals surface area (Å²) in [6, 6.07) is 7.74. The van der Waals surface area contributed by atoms with Crippen LogP contribution in [0.1, 0.15) is 16.7 Å². The number of hydrogen-bond acceptors (Lipinski definition) is 3. The Bertz CT molecular complexity index is 1070. The lowest BCUT2D eigenvalue weighted by Crippen LogP contribution is -2.22. The van der Waals surface area contributed by atoms with Crippen molar-refractivity contribution in [2.45, 2.75) is 19.6 Å². The lowest BCUT2D eigenvalue weighted by atomic mass is 10.0. The first-order valence-corrected chi connectivity index (χ1v) is 7.67. The Balaban J connectivity index is 2.03. The summed E-state index contributed by atoms with van der Waals surface area (Å²) in [6.45, 7) is 1.51. The molecule has 1 aromatic carbocycles. The molecule has 0 aliphatic carbocycles. The summed E-state index contributed by atoms with van der Waals surface area (Å²) in [5.74, 6) is 0. The van der Waals surface area contributed by atoms with E-state index in [0.29, 0.717) is 16.7 Å². The van der Waals surface area contributed by atoms with Gasteiger partial charge in [-0.1, -0.05) is 18.2 Å². The second-order valence-corrected chi connectivity index (χ2v) is 5.83. The number of rotatable bonds is 3. The molecule has 26 heavy (non-hydrogen) atoms. The average molecular weight is 361 g/mol. The van der Waals surface area contributed by atoms with E-state index in [1.165, 1.54) is 47.3 Å². The first kappa shape index (κ1) is 17.7. The highest BCUT2D eigenvalue weighted by Gasteiger charge is 2.32. The van der Waals surface area contributed by atoms with Gasteiger partial charge in [-0.3, -0.25) is 9.59 Å². The van der Waals surface area contributed by atoms with Crippen molar-refractivity contribution >= 4 is 0 Å². The Morgan fingerprint density at radius 3 is 2.58 bits per heavy atom. The smallest absolute Gasteiger partial charge is 0.311 e. The van der Waals surface area contributed by atoms with Crippen molar-refractivity contribution in [2.75, 3.05) is 0 Å². The van der Waals surface area contributed by atoms with Crippen LogP contribution in [0.5, 0.6) is 0 Å². The number of hydrogen-bond donors (Lipinski definition) is 1. The second kappa shape index (κ2) is 6.62. The van der Waals surface area contributed by atoms with Gasteiger partial charge in [-0.2, -0.15) is 18.3 Å². The van der Waals surface area contributed by atoms with E-state index in [4.69, 9.17) is 0 Å². The molecular formula is C18H14F3N3O2. The van der Waals surface area contributed by atoms with Gasteiger partial charge in [0.05, 0.1) is 18.3 Å². The number of H-pyrrole nitrogens is 1. The Morgan fingerprint density at radius 2 is 1.88 bits per heavy atom. The standard InChI is InChI=1S/C18H14F3N3O2/c1-11-9-24(10-12-4-2-3-5-15(12)18(19,20)21)17(26)7-14(11)13-6-16(25)23-22-8-13/h2-9H,10H2,1H3,(H,23,25). The number of aromatic nitrogens is 3. The van der Waals surface area contributed by atoms with Crippen LogP contribution in [0.3, 0.4) is 0 Å². The van der Waals surface area contributed by atoms with Gasteiger partial charge >= 0.3 is 6.18 Å². The first-order valence-electron chi connectivity index (χ1n) is 7.67. The fourth-order valence-electron chi connectivity index (χ4n) is 2.76. The van der Waals surface area contributed by atoms with E-state index in [1.807, 2.05) is 0 Å². The molecule has 0 fully saturated rings. The summed E-state index contributed by atoms with van der Waals surface area (Å²) in [6.07, 6.45) is -1.61. The highest BCUT2D eigenvalue weighted by molar-refractivity contribution is 5.65. The van der Waals surface area contributed by atoms with E-state index in [2.05, 4.69) is 10.2 Å². The minimum Gasteiger partial charge on any atom is -0.311 e. The van der Waals surface area contributed by atoms with Crippen LogP contribution in [-0.2, 0) is 12.7 Å². The van der Waals surface area contributed by atoms with Crippen molar-refractivity contribution in [3.05, 3.63) is 86.2 Å². The summed E-state index contributed by atoms with van der Waals surface area (Å²) in [4.78, 5) is 23.8. The molecule has 0 radical (unpaired) electrons. The van der Waals surface area contributed by atoms with Crippen molar-refractivity contribution in [1.82, 2.24) is 14.8 Å². The van der Waals surface area contributed by atoms with Crippen LogP contribution in [0.25, 0.3) is 11.1 Å². The van der Waals surface area contributed by atoms with Gasteiger partial charge in [0, 0.05) is 23.9 Å². The normalized spacial score (nSPS) is 11.5. The summed E-state index contributed by atoms with van der Waals surface area (Å²) < 4.78 is 40.6. The van der Waals surface area contributed by atoms with Gasteiger partial charge in [0.2, 0.25) is 0 Å². The Morgan fingerprint density at radius 1 is 1.15 bits per heavy atom. The van der Waals surface area contributed by atoms with Crippen LogP contribution in [-0.4, -0.2) is 14.8 Å². The van der Waals surface area contributed by atoms with E-state index in [-0.39, 0.29) is 12.1 Å². The van der Waals surface area contributed by atoms with Crippen molar-refractivity contribution in [3.8, 4) is 11.1 Å².